The number of rotatable bonds is 4. The smallest absolute Gasteiger partial charge is 0.234 e. The second-order valence-corrected chi connectivity index (χ2v) is 7.08. The van der Waals surface area contributed by atoms with Crippen LogP contribution >= 0.6 is 39.3 Å². The lowest BCUT2D eigenvalue weighted by Crippen LogP contribution is -2.14. The second-order valence-electron chi connectivity index (χ2n) is 4.71. The SMILES string of the molecule is Cc1cc(Cl)ccc1NC(=O)CSc1cc(Br)ccc1C. The van der Waals surface area contributed by atoms with Crippen LogP contribution in [0.4, 0.5) is 5.69 Å². The lowest BCUT2D eigenvalue weighted by molar-refractivity contribution is -0.113. The molecule has 0 unspecified atom stereocenters. The Labute approximate surface area is 142 Å². The van der Waals surface area contributed by atoms with Crippen molar-refractivity contribution in [1.29, 1.82) is 0 Å². The predicted molar refractivity (Wildman–Crippen MR) is 94.4 cm³/mol. The van der Waals surface area contributed by atoms with Crippen LogP contribution in [0.3, 0.4) is 0 Å². The molecule has 1 amide bonds. The van der Waals surface area contributed by atoms with Crippen molar-refractivity contribution in [2.24, 2.45) is 0 Å². The molecule has 0 aliphatic carbocycles. The topological polar surface area (TPSA) is 29.1 Å². The summed E-state index contributed by atoms with van der Waals surface area (Å²) in [7, 11) is 0. The van der Waals surface area contributed by atoms with Gasteiger partial charge in [0.15, 0.2) is 0 Å². The van der Waals surface area contributed by atoms with Crippen LogP contribution in [-0.4, -0.2) is 11.7 Å². The molecule has 1 N–H and O–H groups in total. The Morgan fingerprint density at radius 1 is 1.19 bits per heavy atom. The zero-order valence-corrected chi connectivity index (χ0v) is 14.9. The fourth-order valence-electron chi connectivity index (χ4n) is 1.83. The van der Waals surface area contributed by atoms with Crippen LogP contribution in [0.25, 0.3) is 0 Å². The third kappa shape index (κ3) is 4.77. The highest BCUT2D eigenvalue weighted by Crippen LogP contribution is 2.26. The van der Waals surface area contributed by atoms with E-state index in [2.05, 4.69) is 21.2 Å². The van der Waals surface area contributed by atoms with Gasteiger partial charge in [-0.2, -0.15) is 0 Å². The fraction of sp³-hybridized carbons (Fsp3) is 0.188. The Hall–Kier alpha value is -0.970. The summed E-state index contributed by atoms with van der Waals surface area (Å²) in [6.07, 6.45) is 0. The van der Waals surface area contributed by atoms with Crippen molar-refractivity contribution < 1.29 is 4.79 Å². The zero-order valence-electron chi connectivity index (χ0n) is 11.7. The Morgan fingerprint density at radius 3 is 2.67 bits per heavy atom. The second kappa shape index (κ2) is 7.34. The van der Waals surface area contributed by atoms with Gasteiger partial charge >= 0.3 is 0 Å². The highest BCUT2D eigenvalue weighted by Gasteiger charge is 2.07. The number of aryl methyl sites for hydroxylation is 2. The molecule has 0 aliphatic heterocycles. The van der Waals surface area contributed by atoms with Gasteiger partial charge in [-0.3, -0.25) is 4.79 Å². The van der Waals surface area contributed by atoms with E-state index >= 15 is 0 Å². The molecule has 0 spiro atoms. The Bertz CT molecular complexity index is 675. The number of nitrogens with one attached hydrogen (secondary N) is 1. The first-order valence-electron chi connectivity index (χ1n) is 6.40. The maximum absolute atomic E-state index is 12.0. The van der Waals surface area contributed by atoms with Crippen molar-refractivity contribution in [2.75, 3.05) is 11.1 Å². The van der Waals surface area contributed by atoms with Gasteiger partial charge in [0.05, 0.1) is 5.75 Å². The molecule has 2 nitrogen and oxygen atoms in total. The molecule has 110 valence electrons. The molecule has 0 aliphatic rings. The van der Waals surface area contributed by atoms with Crippen LogP contribution in [-0.2, 0) is 4.79 Å². The third-order valence-corrected chi connectivity index (χ3v) is 4.86. The molecular formula is C16H15BrClNOS. The maximum Gasteiger partial charge on any atom is 0.234 e. The molecule has 2 aromatic carbocycles. The van der Waals surface area contributed by atoms with Gasteiger partial charge in [-0.1, -0.05) is 33.6 Å². The van der Waals surface area contributed by atoms with Gasteiger partial charge < -0.3 is 5.32 Å². The third-order valence-electron chi connectivity index (χ3n) is 2.97. The predicted octanol–water partition coefficient (Wildman–Crippen LogP) is 5.45. The fourth-order valence-corrected chi connectivity index (χ4v) is 3.43. The first kappa shape index (κ1) is 16.4. The van der Waals surface area contributed by atoms with E-state index in [1.165, 1.54) is 17.3 Å². The van der Waals surface area contributed by atoms with E-state index in [4.69, 9.17) is 11.6 Å². The molecule has 0 saturated heterocycles. The minimum absolute atomic E-state index is 0.0233. The molecular weight excluding hydrogens is 370 g/mol. The molecule has 5 heteroatoms. The maximum atomic E-state index is 12.0. The van der Waals surface area contributed by atoms with Crippen LogP contribution < -0.4 is 5.32 Å². The number of hydrogen-bond acceptors (Lipinski definition) is 2. The molecule has 0 aromatic heterocycles. The molecule has 2 rings (SSSR count). The first-order valence-corrected chi connectivity index (χ1v) is 8.56. The Kier molecular flexibility index (Phi) is 5.73. The van der Waals surface area contributed by atoms with E-state index in [0.717, 1.165) is 20.6 Å². The molecule has 0 atom stereocenters. The summed E-state index contributed by atoms with van der Waals surface area (Å²) in [4.78, 5) is 13.1. The average Bonchev–Trinajstić information content (AvgIpc) is 2.43. The van der Waals surface area contributed by atoms with Gasteiger partial charge in [-0.25, -0.2) is 0 Å². The lowest BCUT2D eigenvalue weighted by atomic mass is 10.2. The monoisotopic (exact) mass is 383 g/mol. The van der Waals surface area contributed by atoms with Crippen molar-refractivity contribution >= 4 is 50.9 Å². The minimum atomic E-state index is -0.0233. The molecule has 2 aromatic rings. The Morgan fingerprint density at radius 2 is 1.95 bits per heavy atom. The number of amides is 1. The normalized spacial score (nSPS) is 10.5. The van der Waals surface area contributed by atoms with Crippen LogP contribution in [0.5, 0.6) is 0 Å². The number of anilines is 1. The summed E-state index contributed by atoms with van der Waals surface area (Å²) in [5.74, 6) is 0.351. The number of hydrogen-bond donors (Lipinski definition) is 1. The summed E-state index contributed by atoms with van der Waals surface area (Å²) in [5, 5.41) is 3.58. The number of carbonyl (C=O) groups is 1. The average molecular weight is 385 g/mol. The highest BCUT2D eigenvalue weighted by molar-refractivity contribution is 9.10. The highest BCUT2D eigenvalue weighted by atomic mass is 79.9. The van der Waals surface area contributed by atoms with Gasteiger partial charge in [0, 0.05) is 20.1 Å². The molecule has 0 saturated carbocycles. The number of thioether (sulfide) groups is 1. The van der Waals surface area contributed by atoms with Gasteiger partial charge in [0.2, 0.25) is 5.91 Å². The van der Waals surface area contributed by atoms with Crippen molar-refractivity contribution in [3.05, 3.63) is 57.0 Å². The molecule has 0 fully saturated rings. The van der Waals surface area contributed by atoms with Crippen LogP contribution in [0.15, 0.2) is 45.8 Å². The number of halogens is 2. The first-order chi connectivity index (χ1) is 9.95. The van der Waals surface area contributed by atoms with Crippen LogP contribution in [0.1, 0.15) is 11.1 Å². The molecule has 0 bridgehead atoms. The molecule has 21 heavy (non-hydrogen) atoms. The summed E-state index contributed by atoms with van der Waals surface area (Å²) < 4.78 is 1.02. The molecule has 0 radical (unpaired) electrons. The van der Waals surface area contributed by atoms with E-state index in [1.54, 1.807) is 6.07 Å². The van der Waals surface area contributed by atoms with Gasteiger partial charge in [0.1, 0.15) is 0 Å². The lowest BCUT2D eigenvalue weighted by Gasteiger charge is -2.09. The number of benzene rings is 2. The summed E-state index contributed by atoms with van der Waals surface area (Å²) in [5.41, 5.74) is 2.93. The van der Waals surface area contributed by atoms with Crippen molar-refractivity contribution in [3.8, 4) is 0 Å². The number of carbonyl (C=O) groups excluding carboxylic acids is 1. The van der Waals surface area contributed by atoms with Gasteiger partial charge in [-0.15, -0.1) is 11.8 Å². The van der Waals surface area contributed by atoms with E-state index in [9.17, 15) is 4.79 Å². The standard InChI is InChI=1S/C16H15BrClNOS/c1-10-3-4-12(17)8-15(10)21-9-16(20)19-14-6-5-13(18)7-11(14)2/h3-8H,9H2,1-2H3,(H,19,20). The molecule has 0 heterocycles. The zero-order chi connectivity index (χ0) is 15.4. The Balaban J connectivity index is 1.97. The van der Waals surface area contributed by atoms with E-state index in [0.29, 0.717) is 10.8 Å². The minimum Gasteiger partial charge on any atom is -0.325 e. The van der Waals surface area contributed by atoms with Crippen molar-refractivity contribution in [1.82, 2.24) is 0 Å². The largest absolute Gasteiger partial charge is 0.325 e. The van der Waals surface area contributed by atoms with Gasteiger partial charge in [-0.05, 0) is 55.3 Å². The summed E-state index contributed by atoms with van der Waals surface area (Å²) in [6.45, 7) is 3.96. The van der Waals surface area contributed by atoms with Crippen LogP contribution in [0, 0.1) is 13.8 Å². The van der Waals surface area contributed by atoms with E-state index in [-0.39, 0.29) is 5.91 Å². The summed E-state index contributed by atoms with van der Waals surface area (Å²) >= 11 is 10.9. The van der Waals surface area contributed by atoms with Crippen molar-refractivity contribution in [2.45, 2.75) is 18.7 Å². The van der Waals surface area contributed by atoms with E-state index < -0.39 is 0 Å². The quantitative estimate of drug-likeness (QED) is 0.710. The van der Waals surface area contributed by atoms with Gasteiger partial charge in [0.25, 0.3) is 0 Å². The summed E-state index contributed by atoms with van der Waals surface area (Å²) in [6, 6.07) is 11.5. The van der Waals surface area contributed by atoms with Crippen LogP contribution in [0.2, 0.25) is 5.02 Å². The van der Waals surface area contributed by atoms with E-state index in [1.807, 2.05) is 44.2 Å². The van der Waals surface area contributed by atoms with Crippen molar-refractivity contribution in [3.63, 3.8) is 0 Å².